The summed E-state index contributed by atoms with van der Waals surface area (Å²) in [6.07, 6.45) is 3.98. The van der Waals surface area contributed by atoms with Crippen LogP contribution in [-0.4, -0.2) is 89.7 Å². The second kappa shape index (κ2) is 13.1. The van der Waals surface area contributed by atoms with Crippen LogP contribution in [0.15, 0.2) is 36.7 Å². The van der Waals surface area contributed by atoms with E-state index in [1.54, 1.807) is 52.2 Å². The molecule has 0 radical (unpaired) electrons. The number of pyridine rings is 2. The van der Waals surface area contributed by atoms with Crippen LogP contribution in [0.1, 0.15) is 52.7 Å². The number of likely N-dealkylation sites (tertiary alicyclic amines) is 1. The Kier molecular flexibility index (Phi) is 10.3. The fourth-order valence-electron chi connectivity index (χ4n) is 4.54. The molecule has 4 rings (SSSR count). The number of rotatable bonds is 7. The minimum Gasteiger partial charge on any atom is -0.481 e. The van der Waals surface area contributed by atoms with E-state index in [4.69, 9.17) is 24.7 Å². The third-order valence-electron chi connectivity index (χ3n) is 6.47. The highest BCUT2D eigenvalue weighted by molar-refractivity contribution is 5.73. The average Bonchev–Trinajstić information content (AvgIpc) is 2.85. The monoisotopic (exact) mass is 586 g/mol. The molecule has 12 heteroatoms. The molecule has 2 aliphatic heterocycles. The van der Waals surface area contributed by atoms with Crippen molar-refractivity contribution in [3.05, 3.63) is 47.8 Å². The zero-order chi connectivity index (χ0) is 31.2. The lowest BCUT2D eigenvalue weighted by Gasteiger charge is -2.50. The first-order chi connectivity index (χ1) is 19.5. The topological polar surface area (TPSA) is 150 Å². The van der Waals surface area contributed by atoms with Gasteiger partial charge in [-0.2, -0.15) is 0 Å². The van der Waals surface area contributed by atoms with Gasteiger partial charge in [0.2, 0.25) is 11.8 Å². The Hall–Kier alpha value is -3.64. The number of nitrogens with zero attached hydrogens (tertiary/aromatic N) is 3. The van der Waals surface area contributed by atoms with Crippen LogP contribution in [0.3, 0.4) is 0 Å². The van der Waals surface area contributed by atoms with Gasteiger partial charge in [0.25, 0.3) is 0 Å². The van der Waals surface area contributed by atoms with Crippen molar-refractivity contribution in [2.75, 3.05) is 40.4 Å². The van der Waals surface area contributed by atoms with Crippen LogP contribution < -0.4 is 25.8 Å². The smallest absolute Gasteiger partial charge is 0.410 e. The molecule has 0 spiro atoms. The van der Waals surface area contributed by atoms with Gasteiger partial charge in [-0.05, 0) is 59.1 Å². The maximum Gasteiger partial charge on any atom is 0.410 e. The minimum atomic E-state index is -0.643. The van der Waals surface area contributed by atoms with Gasteiger partial charge in [-0.15, -0.1) is 0 Å². The zero-order valence-corrected chi connectivity index (χ0v) is 26.1. The van der Waals surface area contributed by atoms with Crippen LogP contribution in [0.25, 0.3) is 0 Å². The number of aromatic nitrogens is 2. The normalized spacial score (nSPS) is 16.9. The summed E-state index contributed by atoms with van der Waals surface area (Å²) in [5, 5.41) is 6.12. The van der Waals surface area contributed by atoms with Crippen LogP contribution >= 0.6 is 0 Å². The molecule has 232 valence electrons. The summed E-state index contributed by atoms with van der Waals surface area (Å²) in [4.78, 5) is 34.6. The van der Waals surface area contributed by atoms with Crippen LogP contribution in [0.4, 0.5) is 9.59 Å². The van der Waals surface area contributed by atoms with Gasteiger partial charge in [-0.25, -0.2) is 19.6 Å². The van der Waals surface area contributed by atoms with Gasteiger partial charge in [-0.3, -0.25) is 0 Å². The average molecular weight is 587 g/mol. The van der Waals surface area contributed by atoms with Gasteiger partial charge < -0.3 is 40.2 Å². The molecule has 2 fully saturated rings. The molecule has 0 aliphatic carbocycles. The van der Waals surface area contributed by atoms with Gasteiger partial charge in [0.1, 0.15) is 11.2 Å². The number of nitrogens with one attached hydrogen (secondary N) is 2. The third-order valence-corrected chi connectivity index (χ3v) is 6.47. The standard InChI is InChI=1S/C20H31N3O5.C10H15N3O/c1-18(2,3)27-16(24)22-20(10-14-8-9-15(26-7)21-11-14)12-23(13-20)17(25)28-19(4,5)6;1-14-9-3-2-8(5-13-9)4-10(11)6-12-7-10/h8-9,11H,10,12-13H2,1-7H3,(H,22,24);2-3,5,12H,4,6-7,11H2,1H3. The van der Waals surface area contributed by atoms with Gasteiger partial charge in [0.15, 0.2) is 0 Å². The third kappa shape index (κ3) is 10.0. The molecule has 2 saturated heterocycles. The molecule has 4 N–H and O–H groups in total. The molecule has 0 aromatic carbocycles. The summed E-state index contributed by atoms with van der Waals surface area (Å²) in [6.45, 7) is 13.3. The predicted octanol–water partition coefficient (Wildman–Crippen LogP) is 3.08. The van der Waals surface area contributed by atoms with E-state index < -0.39 is 28.9 Å². The highest BCUT2D eigenvalue weighted by atomic mass is 16.6. The molecule has 2 amide bonds. The minimum absolute atomic E-state index is 0.0731. The lowest BCUT2D eigenvalue weighted by Crippen LogP contribution is -2.72. The van der Waals surface area contributed by atoms with Crippen LogP contribution in [0, 0.1) is 0 Å². The summed E-state index contributed by atoms with van der Waals surface area (Å²) in [6, 6.07) is 7.53. The van der Waals surface area contributed by atoms with E-state index >= 15 is 0 Å². The number of alkyl carbamates (subject to hydrolysis) is 1. The largest absolute Gasteiger partial charge is 0.481 e. The molecule has 42 heavy (non-hydrogen) atoms. The second-order valence-corrected chi connectivity index (χ2v) is 13.0. The molecule has 2 aromatic rings. The van der Waals surface area contributed by atoms with Crippen molar-refractivity contribution in [1.29, 1.82) is 0 Å². The summed E-state index contributed by atoms with van der Waals surface area (Å²) >= 11 is 0. The predicted molar refractivity (Wildman–Crippen MR) is 159 cm³/mol. The van der Waals surface area contributed by atoms with E-state index in [0.29, 0.717) is 31.3 Å². The van der Waals surface area contributed by atoms with Crippen molar-refractivity contribution in [1.82, 2.24) is 25.5 Å². The van der Waals surface area contributed by atoms with E-state index in [0.717, 1.165) is 30.6 Å². The van der Waals surface area contributed by atoms with Gasteiger partial charge >= 0.3 is 12.2 Å². The Morgan fingerprint density at radius 3 is 1.76 bits per heavy atom. The highest BCUT2D eigenvalue weighted by Gasteiger charge is 2.48. The molecule has 0 atom stereocenters. The lowest BCUT2D eigenvalue weighted by molar-refractivity contribution is -0.0214. The Balaban J connectivity index is 0.000000287. The number of methoxy groups -OCH3 is 2. The number of ether oxygens (including phenoxy) is 4. The van der Waals surface area contributed by atoms with E-state index in [9.17, 15) is 9.59 Å². The summed E-state index contributed by atoms with van der Waals surface area (Å²) < 4.78 is 20.9. The van der Waals surface area contributed by atoms with Gasteiger partial charge in [0, 0.05) is 62.7 Å². The molecule has 0 bridgehead atoms. The van der Waals surface area contributed by atoms with Crippen molar-refractivity contribution in [2.45, 2.75) is 76.7 Å². The Morgan fingerprint density at radius 2 is 1.38 bits per heavy atom. The first-order valence-corrected chi connectivity index (χ1v) is 14.0. The Morgan fingerprint density at radius 1 is 0.881 bits per heavy atom. The number of hydrogen-bond donors (Lipinski definition) is 3. The quantitative estimate of drug-likeness (QED) is 0.442. The number of carbonyl (C=O) groups excluding carboxylic acids is 2. The van der Waals surface area contributed by atoms with E-state index in [1.807, 2.05) is 45.2 Å². The first-order valence-electron chi connectivity index (χ1n) is 14.0. The highest BCUT2D eigenvalue weighted by Crippen LogP contribution is 2.28. The van der Waals surface area contributed by atoms with Gasteiger partial charge in [0.05, 0.1) is 19.8 Å². The van der Waals surface area contributed by atoms with Crippen molar-refractivity contribution < 1.29 is 28.5 Å². The molecule has 12 nitrogen and oxygen atoms in total. The summed E-state index contributed by atoms with van der Waals surface area (Å²) in [5.41, 5.74) is 6.26. The summed E-state index contributed by atoms with van der Waals surface area (Å²) in [5.74, 6) is 1.16. The van der Waals surface area contributed by atoms with Gasteiger partial charge in [-0.1, -0.05) is 12.1 Å². The Bertz CT molecular complexity index is 1180. The number of hydrogen-bond acceptors (Lipinski definition) is 10. The first kappa shape index (κ1) is 32.9. The molecule has 4 heterocycles. The van der Waals surface area contributed by atoms with Crippen LogP contribution in [-0.2, 0) is 22.3 Å². The molecule has 2 aromatic heterocycles. The molecule has 0 saturated carbocycles. The molecular weight excluding hydrogens is 540 g/mol. The number of amides is 2. The second-order valence-electron chi connectivity index (χ2n) is 13.0. The maximum absolute atomic E-state index is 12.4. The maximum atomic E-state index is 12.4. The molecular formula is C30H46N6O6. The van der Waals surface area contributed by atoms with Crippen molar-refractivity contribution in [3.63, 3.8) is 0 Å². The fraction of sp³-hybridized carbons (Fsp3) is 0.600. The van der Waals surface area contributed by atoms with E-state index in [1.165, 1.54) is 0 Å². The number of carbonyl (C=O) groups is 2. The van der Waals surface area contributed by atoms with Crippen molar-refractivity contribution in [3.8, 4) is 11.8 Å². The van der Waals surface area contributed by atoms with Crippen molar-refractivity contribution >= 4 is 12.2 Å². The fourth-order valence-corrected chi connectivity index (χ4v) is 4.54. The van der Waals surface area contributed by atoms with Crippen LogP contribution in [0.5, 0.6) is 11.8 Å². The zero-order valence-electron chi connectivity index (χ0n) is 26.1. The number of nitrogens with two attached hydrogens (primary N) is 1. The van der Waals surface area contributed by atoms with Crippen LogP contribution in [0.2, 0.25) is 0 Å². The summed E-state index contributed by atoms with van der Waals surface area (Å²) in [7, 11) is 3.17. The lowest BCUT2D eigenvalue weighted by atomic mass is 9.84. The molecule has 2 aliphatic rings. The SMILES string of the molecule is COc1ccc(CC2(N)CNC2)cn1.COc1ccc(CC2(NC(=O)OC(C)(C)C)CN(C(=O)OC(C)(C)C)C2)cn1. The van der Waals surface area contributed by atoms with Crippen molar-refractivity contribution in [2.24, 2.45) is 5.73 Å². The molecule has 0 unspecified atom stereocenters. The van der Waals surface area contributed by atoms with E-state index in [-0.39, 0.29) is 5.54 Å². The Labute approximate surface area is 248 Å². The van der Waals surface area contributed by atoms with E-state index in [2.05, 4.69) is 20.6 Å².